The van der Waals surface area contributed by atoms with Crippen molar-refractivity contribution in [2.45, 2.75) is 19.3 Å². The van der Waals surface area contributed by atoms with Gasteiger partial charge >= 0.3 is 0 Å². The molecule has 0 bridgehead atoms. The smallest absolute Gasteiger partial charge is 0.0616 e. The van der Waals surface area contributed by atoms with Crippen LogP contribution in [0.5, 0.6) is 0 Å². The molecule has 0 spiro atoms. The zero-order valence-corrected chi connectivity index (χ0v) is 24.5. The van der Waals surface area contributed by atoms with E-state index in [1.165, 1.54) is 13.8 Å². The lowest BCUT2D eigenvalue weighted by molar-refractivity contribution is 0.661. The van der Waals surface area contributed by atoms with E-state index in [9.17, 15) is 15.1 Å². The van der Waals surface area contributed by atoms with Gasteiger partial charge in [-0.15, -0.1) is 0 Å². The average molecular weight is 623 g/mol. The summed E-state index contributed by atoms with van der Waals surface area (Å²) < 4.78 is 237. The Morgan fingerprint density at radius 2 is 0.915 bits per heavy atom. The maximum absolute atomic E-state index is 10.1. The highest BCUT2D eigenvalue weighted by Crippen LogP contribution is 2.52. The van der Waals surface area contributed by atoms with E-state index in [1.807, 2.05) is 0 Å². The zero-order valence-electron chi connectivity index (χ0n) is 50.5. The van der Waals surface area contributed by atoms with Gasteiger partial charge in [0, 0.05) is 5.41 Å². The van der Waals surface area contributed by atoms with E-state index in [4.69, 9.17) is 20.6 Å². The number of hydrogen-bond donors (Lipinski definition) is 0. The molecule has 10 rings (SSSR count). The molecule has 1 aliphatic rings. The highest BCUT2D eigenvalue weighted by molar-refractivity contribution is 6.25. The van der Waals surface area contributed by atoms with Crippen LogP contribution < -0.4 is 0 Å². The summed E-state index contributed by atoms with van der Waals surface area (Å²) in [6.45, 7) is 3.01. The normalized spacial score (nSPS) is 21.2. The van der Waals surface area contributed by atoms with Crippen molar-refractivity contribution in [3.8, 4) is 33.4 Å². The highest BCUT2D eigenvalue weighted by Gasteiger charge is 2.36. The summed E-state index contributed by atoms with van der Waals surface area (Å²) in [5.74, 6) is 0. The monoisotopic (exact) mass is 622 g/mol. The first kappa shape index (κ1) is 11.5. The third kappa shape index (κ3) is 3.70. The van der Waals surface area contributed by atoms with Crippen LogP contribution in [0.1, 0.15) is 60.6 Å². The van der Waals surface area contributed by atoms with Gasteiger partial charge in [0.1, 0.15) is 0 Å². The molecule has 1 aliphatic carbocycles. The standard InChI is InChI=1S/C47H32/c1-47(2)43-28-32(23-25-36(43)42-26-30-13-3-4-14-31(30)27-44(42)47)45-38-16-7-9-18-40(38)46(41-19-10-8-17-39(41)45)37-21-11-20-34-33-15-6-5-12-29(33)22-24-35(34)37/h3-28H,1-2H3/i3D,4D,5D,6D,7D,8D,9D,10D,11D,12D,13D,14D,15D,16D,17D,18D,19D,20D,21D,22D,23D,24D,25D,26D,27D,28D. The van der Waals surface area contributed by atoms with E-state index in [0.717, 1.165) is 0 Å². The maximum Gasteiger partial charge on any atom is 0.0636 e. The number of hydrogen-bond acceptors (Lipinski definition) is 0. The molecule has 47 heavy (non-hydrogen) atoms. The van der Waals surface area contributed by atoms with Gasteiger partial charge in [-0.1, -0.05) is 153 Å². The molecular weight excluding hydrogens is 565 g/mol. The van der Waals surface area contributed by atoms with Crippen LogP contribution in [0.25, 0.3) is 87.2 Å². The molecule has 0 heteroatoms. The zero-order chi connectivity index (χ0) is 53.9. The van der Waals surface area contributed by atoms with Gasteiger partial charge in [-0.05, 0) is 116 Å². The minimum absolute atomic E-state index is 0.0475. The second-order valence-corrected chi connectivity index (χ2v) is 11.6. The van der Waals surface area contributed by atoms with E-state index in [2.05, 4.69) is 0 Å². The highest BCUT2D eigenvalue weighted by atomic mass is 14.4. The number of fused-ring (bicyclic) bond motifs is 9. The SMILES string of the molecule is [2H]c1c([2H])c2c(c([2H])c1-c1c3c([2H])c([2H])c([2H])c([2H])c3c(-c3c([2H])c([2H])c([2H])c4c3c([2H])c([2H])c3c([2H])c([2H])c([2H])c([2H])c34)c3c([2H])c([2H])c([2H])c([2H])c13)C(C)(C)c1c-2c([2H])c2c([2H])c([2H])c([2H])c([2H])c2c1[2H]. The summed E-state index contributed by atoms with van der Waals surface area (Å²) in [5, 5.41) is -5.56. The predicted molar refractivity (Wildman–Crippen MR) is 202 cm³/mol. The molecule has 0 atom stereocenters. The van der Waals surface area contributed by atoms with Crippen LogP contribution in [-0.2, 0) is 5.41 Å². The van der Waals surface area contributed by atoms with Crippen LogP contribution in [0.4, 0.5) is 0 Å². The van der Waals surface area contributed by atoms with Crippen LogP contribution in [-0.4, -0.2) is 0 Å². The average Bonchev–Trinajstić information content (AvgIpc) is 3.61. The minimum atomic E-state index is -1.63. The lowest BCUT2D eigenvalue weighted by atomic mass is 9.80. The van der Waals surface area contributed by atoms with E-state index >= 15 is 0 Å². The summed E-state index contributed by atoms with van der Waals surface area (Å²) in [7, 11) is 0. The van der Waals surface area contributed by atoms with Gasteiger partial charge < -0.3 is 0 Å². The van der Waals surface area contributed by atoms with Crippen LogP contribution in [0.3, 0.4) is 0 Å². The molecular formula is C47H32. The molecule has 9 aromatic rings. The largest absolute Gasteiger partial charge is 0.0636 e. The molecule has 0 N–H and O–H groups in total. The lowest BCUT2D eigenvalue weighted by Gasteiger charge is -2.23. The van der Waals surface area contributed by atoms with Gasteiger partial charge in [0.2, 0.25) is 0 Å². The molecule has 0 amide bonds. The van der Waals surface area contributed by atoms with Crippen molar-refractivity contribution in [1.82, 2.24) is 0 Å². The molecule has 0 nitrogen and oxygen atoms in total. The van der Waals surface area contributed by atoms with Crippen molar-refractivity contribution in [3.63, 3.8) is 0 Å². The molecule has 0 aliphatic heterocycles. The molecule has 0 fully saturated rings. The summed E-state index contributed by atoms with van der Waals surface area (Å²) in [6.07, 6.45) is 0. The first-order valence-electron chi connectivity index (χ1n) is 27.5. The molecule has 0 saturated heterocycles. The van der Waals surface area contributed by atoms with Gasteiger partial charge in [-0.3, -0.25) is 0 Å². The van der Waals surface area contributed by atoms with Crippen molar-refractivity contribution in [1.29, 1.82) is 0 Å². The van der Waals surface area contributed by atoms with Crippen molar-refractivity contribution < 1.29 is 35.6 Å². The molecule has 0 unspecified atom stereocenters. The third-order valence-electron chi connectivity index (χ3n) is 8.75. The fourth-order valence-electron chi connectivity index (χ4n) is 6.59. The Morgan fingerprint density at radius 1 is 0.362 bits per heavy atom. The van der Waals surface area contributed by atoms with Crippen molar-refractivity contribution in [3.05, 3.63) is 168 Å². The van der Waals surface area contributed by atoms with Crippen LogP contribution in [0.2, 0.25) is 0 Å². The van der Waals surface area contributed by atoms with Crippen LogP contribution in [0.15, 0.2) is 157 Å². The van der Waals surface area contributed by atoms with Crippen molar-refractivity contribution in [2.24, 2.45) is 0 Å². The Hall–Kier alpha value is -5.72. The number of benzene rings is 9. The fraction of sp³-hybridized carbons (Fsp3) is 0.0638. The van der Waals surface area contributed by atoms with Crippen molar-refractivity contribution in [2.75, 3.05) is 0 Å². The molecule has 9 aromatic carbocycles. The van der Waals surface area contributed by atoms with Gasteiger partial charge in [0.15, 0.2) is 0 Å². The minimum Gasteiger partial charge on any atom is -0.0616 e. The van der Waals surface area contributed by atoms with Crippen LogP contribution >= 0.6 is 0 Å². The Bertz CT molecular complexity index is 4150. The number of rotatable bonds is 2. The summed E-state index contributed by atoms with van der Waals surface area (Å²) in [6, 6.07) is -21.2. The molecule has 0 heterocycles. The summed E-state index contributed by atoms with van der Waals surface area (Å²) >= 11 is 0. The molecule has 0 saturated carbocycles. The topological polar surface area (TPSA) is 0 Å². The summed E-state index contributed by atoms with van der Waals surface area (Å²) in [4.78, 5) is 0. The predicted octanol–water partition coefficient (Wildman–Crippen LogP) is 13.1. The van der Waals surface area contributed by atoms with E-state index in [1.54, 1.807) is 0 Å². The van der Waals surface area contributed by atoms with Gasteiger partial charge in [0.05, 0.1) is 35.6 Å². The lowest BCUT2D eigenvalue weighted by Crippen LogP contribution is -2.15. The fourth-order valence-corrected chi connectivity index (χ4v) is 6.59. The van der Waals surface area contributed by atoms with Gasteiger partial charge in [-0.2, -0.15) is 0 Å². The molecule has 0 aromatic heterocycles. The Balaban J connectivity index is 1.50. The van der Waals surface area contributed by atoms with E-state index in [-0.39, 0.29) is 33.0 Å². The van der Waals surface area contributed by atoms with Crippen LogP contribution in [0, 0.1) is 0 Å². The van der Waals surface area contributed by atoms with Gasteiger partial charge in [-0.25, -0.2) is 0 Å². The van der Waals surface area contributed by atoms with Gasteiger partial charge in [0.25, 0.3) is 0 Å². The Labute approximate surface area is 311 Å². The molecule has 0 radical (unpaired) electrons. The summed E-state index contributed by atoms with van der Waals surface area (Å²) in [5.41, 5.74) is -4.87. The quantitative estimate of drug-likeness (QED) is 0.133. The maximum atomic E-state index is 10.1. The van der Waals surface area contributed by atoms with E-state index in [0.29, 0.717) is 0 Å². The Kier molecular flexibility index (Phi) is 2.36. The second-order valence-electron chi connectivity index (χ2n) is 11.6. The van der Waals surface area contributed by atoms with Crippen molar-refractivity contribution >= 4 is 53.9 Å². The Morgan fingerprint density at radius 3 is 1.62 bits per heavy atom. The first-order valence-corrected chi connectivity index (χ1v) is 14.5. The molecule has 220 valence electrons. The van der Waals surface area contributed by atoms with E-state index < -0.39 is 228 Å². The second kappa shape index (κ2) is 9.64. The third-order valence-corrected chi connectivity index (χ3v) is 8.75. The first-order chi connectivity index (χ1) is 33.9.